The molecule has 0 amide bonds. The fourth-order valence-electron chi connectivity index (χ4n) is 10.0. The van der Waals surface area contributed by atoms with Gasteiger partial charge in [0.05, 0.1) is 16.4 Å². The monoisotopic (exact) mass is 740 g/mol. The molecule has 1 aromatic heterocycles. The Labute approximate surface area is 339 Å². The van der Waals surface area contributed by atoms with E-state index in [9.17, 15) is 0 Å². The zero-order valence-electron chi connectivity index (χ0n) is 32.3. The predicted molar refractivity (Wildman–Crippen MR) is 245 cm³/mol. The zero-order valence-corrected chi connectivity index (χ0v) is 32.3. The van der Waals surface area contributed by atoms with E-state index in [2.05, 4.69) is 229 Å². The van der Waals surface area contributed by atoms with E-state index in [1.54, 1.807) is 0 Å². The van der Waals surface area contributed by atoms with Crippen LogP contribution in [0.3, 0.4) is 0 Å². The third-order valence-electron chi connectivity index (χ3n) is 12.3. The number of nitrogens with zero attached hydrogens (tertiary/aromatic N) is 2. The van der Waals surface area contributed by atoms with Crippen molar-refractivity contribution in [1.82, 2.24) is 4.57 Å². The highest BCUT2D eigenvalue weighted by Crippen LogP contribution is 2.64. The minimum Gasteiger partial charge on any atom is -0.310 e. The lowest BCUT2D eigenvalue weighted by Gasteiger charge is -2.32. The Morgan fingerprint density at radius 2 is 1.05 bits per heavy atom. The summed E-state index contributed by atoms with van der Waals surface area (Å²) in [5, 5.41) is 2.47. The van der Waals surface area contributed by atoms with Gasteiger partial charge in [0.2, 0.25) is 0 Å². The quantitative estimate of drug-likeness (QED) is 0.165. The molecule has 2 heteroatoms. The van der Waals surface area contributed by atoms with Crippen LogP contribution in [0.1, 0.15) is 29.2 Å². The van der Waals surface area contributed by atoms with Gasteiger partial charge in [0, 0.05) is 33.5 Å². The predicted octanol–water partition coefficient (Wildman–Crippen LogP) is 14.8. The highest BCUT2D eigenvalue weighted by Gasteiger charge is 2.53. The third-order valence-corrected chi connectivity index (χ3v) is 12.3. The second-order valence-electron chi connectivity index (χ2n) is 15.2. The molecular weight excluding hydrogens is 701 g/mol. The molecule has 9 aromatic rings. The molecule has 2 aliphatic rings. The van der Waals surface area contributed by atoms with Crippen LogP contribution in [0.2, 0.25) is 0 Å². The molecule has 1 heterocycles. The molecular formula is C56H40N2. The smallest absolute Gasteiger partial charge is 0.0723 e. The number of hydrogen-bond acceptors (Lipinski definition) is 1. The summed E-state index contributed by atoms with van der Waals surface area (Å²) in [6, 6.07) is 71.2. The number of para-hydroxylation sites is 2. The van der Waals surface area contributed by atoms with E-state index in [4.69, 9.17) is 0 Å². The van der Waals surface area contributed by atoms with Crippen molar-refractivity contribution in [2.45, 2.75) is 12.3 Å². The minimum atomic E-state index is -0.478. The van der Waals surface area contributed by atoms with E-state index in [0.717, 1.165) is 22.7 Å². The van der Waals surface area contributed by atoms with Crippen molar-refractivity contribution in [3.8, 4) is 27.9 Å². The van der Waals surface area contributed by atoms with Gasteiger partial charge in [-0.1, -0.05) is 164 Å². The molecule has 0 fully saturated rings. The summed E-state index contributed by atoms with van der Waals surface area (Å²) in [7, 11) is 0. The van der Waals surface area contributed by atoms with Gasteiger partial charge in [0.15, 0.2) is 0 Å². The van der Waals surface area contributed by atoms with Gasteiger partial charge in [-0.2, -0.15) is 0 Å². The normalized spacial score (nSPS) is 16.6. The molecule has 1 atom stereocenters. The van der Waals surface area contributed by atoms with Crippen LogP contribution in [0.5, 0.6) is 0 Å². The molecule has 8 aromatic carbocycles. The van der Waals surface area contributed by atoms with Gasteiger partial charge in [-0.3, -0.25) is 0 Å². The summed E-state index contributed by atoms with van der Waals surface area (Å²) < 4.78 is 2.40. The molecule has 11 rings (SSSR count). The van der Waals surface area contributed by atoms with Gasteiger partial charge in [-0.05, 0) is 117 Å². The molecule has 1 spiro atoms. The first-order valence-corrected chi connectivity index (χ1v) is 20.1. The Balaban J connectivity index is 1.18. The van der Waals surface area contributed by atoms with Crippen molar-refractivity contribution in [2.75, 3.05) is 4.90 Å². The fraction of sp³-hybridized carbons (Fsp3) is 0.0357. The first-order chi connectivity index (χ1) is 28.7. The average molecular weight is 741 g/mol. The van der Waals surface area contributed by atoms with Crippen molar-refractivity contribution in [2.24, 2.45) is 0 Å². The van der Waals surface area contributed by atoms with Gasteiger partial charge < -0.3 is 9.47 Å². The first-order valence-electron chi connectivity index (χ1n) is 20.1. The van der Waals surface area contributed by atoms with Crippen LogP contribution in [0.15, 0.2) is 225 Å². The van der Waals surface area contributed by atoms with Crippen LogP contribution < -0.4 is 4.90 Å². The average Bonchev–Trinajstić information content (AvgIpc) is 3.88. The highest BCUT2D eigenvalue weighted by molar-refractivity contribution is 6.10. The van der Waals surface area contributed by atoms with Crippen LogP contribution >= 0.6 is 0 Å². The van der Waals surface area contributed by atoms with E-state index in [1.165, 1.54) is 77.5 Å². The Kier molecular flexibility index (Phi) is 7.80. The number of hydrogen-bond donors (Lipinski definition) is 0. The van der Waals surface area contributed by atoms with Gasteiger partial charge in [0.1, 0.15) is 0 Å². The van der Waals surface area contributed by atoms with E-state index in [0.29, 0.717) is 0 Å². The molecule has 0 saturated heterocycles. The molecule has 0 saturated carbocycles. The molecule has 0 aliphatic heterocycles. The highest BCUT2D eigenvalue weighted by atomic mass is 15.1. The maximum Gasteiger partial charge on any atom is 0.0723 e. The summed E-state index contributed by atoms with van der Waals surface area (Å²) in [5.74, 6) is 0. The number of fused-ring (bicyclic) bond motifs is 10. The number of aromatic nitrogens is 1. The van der Waals surface area contributed by atoms with Crippen LogP contribution in [0.4, 0.5) is 17.1 Å². The molecule has 0 N–H and O–H groups in total. The number of allylic oxidation sites excluding steroid dienone is 5. The van der Waals surface area contributed by atoms with E-state index in [1.807, 2.05) is 6.08 Å². The Morgan fingerprint density at radius 1 is 0.483 bits per heavy atom. The Bertz CT molecular complexity index is 3130. The lowest BCUT2D eigenvalue weighted by molar-refractivity contribution is 0.792. The summed E-state index contributed by atoms with van der Waals surface area (Å²) >= 11 is 0. The summed E-state index contributed by atoms with van der Waals surface area (Å²) in [5.41, 5.74) is 19.0. The minimum absolute atomic E-state index is 0.478. The largest absolute Gasteiger partial charge is 0.310 e. The summed E-state index contributed by atoms with van der Waals surface area (Å²) in [6.45, 7) is 6.33. The molecule has 1 unspecified atom stereocenters. The van der Waals surface area contributed by atoms with Crippen LogP contribution in [0, 0.1) is 0 Å². The van der Waals surface area contributed by atoms with E-state index >= 15 is 0 Å². The third kappa shape index (κ3) is 4.85. The Morgan fingerprint density at radius 3 is 1.81 bits per heavy atom. The topological polar surface area (TPSA) is 8.17 Å². The lowest BCUT2D eigenvalue weighted by atomic mass is 9.70. The van der Waals surface area contributed by atoms with Crippen molar-refractivity contribution in [3.05, 3.63) is 247 Å². The van der Waals surface area contributed by atoms with Gasteiger partial charge >= 0.3 is 0 Å². The molecule has 274 valence electrons. The lowest BCUT2D eigenvalue weighted by Crippen LogP contribution is -2.26. The second kappa shape index (κ2) is 13.4. The molecule has 58 heavy (non-hydrogen) atoms. The number of anilines is 3. The first kappa shape index (κ1) is 33.9. The van der Waals surface area contributed by atoms with Gasteiger partial charge in [-0.25, -0.2) is 0 Å². The molecule has 0 bridgehead atoms. The summed E-state index contributed by atoms with van der Waals surface area (Å²) in [4.78, 5) is 2.44. The number of rotatable bonds is 6. The van der Waals surface area contributed by atoms with E-state index in [-0.39, 0.29) is 0 Å². The SMILES string of the molecule is C=CC=C1/C(=C\C)C2(c3ccccc31)c1ccccc1-c1ccc(N(c3ccc(-c4ccccc4)cc3)c3ccc4c5ccccc5n(-c5ccccc5)c4c3)cc12. The van der Waals surface area contributed by atoms with Crippen LogP contribution in [-0.2, 0) is 5.41 Å². The van der Waals surface area contributed by atoms with Crippen LogP contribution in [0.25, 0.3) is 55.3 Å². The van der Waals surface area contributed by atoms with Crippen molar-refractivity contribution >= 4 is 44.4 Å². The van der Waals surface area contributed by atoms with Crippen molar-refractivity contribution in [1.29, 1.82) is 0 Å². The van der Waals surface area contributed by atoms with Gasteiger partial charge in [-0.15, -0.1) is 0 Å². The second-order valence-corrected chi connectivity index (χ2v) is 15.2. The number of benzene rings is 8. The zero-order chi connectivity index (χ0) is 38.8. The van der Waals surface area contributed by atoms with Crippen LogP contribution in [-0.4, -0.2) is 4.57 Å². The van der Waals surface area contributed by atoms with E-state index < -0.39 is 5.41 Å². The van der Waals surface area contributed by atoms with Gasteiger partial charge in [0.25, 0.3) is 0 Å². The van der Waals surface area contributed by atoms with Crippen molar-refractivity contribution in [3.63, 3.8) is 0 Å². The standard InChI is InChI=1S/C56H40N2/c1-3-17-44-45-22-11-14-25-51(45)56(50(44)4-2)52-26-15-12-23-46(52)47-34-32-42(36-53(47)56)57(41-30-28-39(29-31-41)38-18-7-5-8-19-38)43-33-35-49-48-24-13-16-27-54(48)58(55(49)37-43)40-20-9-6-10-21-40/h3-37H,1H2,2H3/b44-17?,50-4+. The maximum atomic E-state index is 4.15. The molecule has 0 radical (unpaired) electrons. The fourth-order valence-corrected chi connectivity index (χ4v) is 10.0. The summed E-state index contributed by atoms with van der Waals surface area (Å²) in [6.07, 6.45) is 6.44. The molecule has 2 aliphatic carbocycles. The Hall–Kier alpha value is -7.42. The molecule has 2 nitrogen and oxygen atoms in total. The maximum absolute atomic E-state index is 4.15. The van der Waals surface area contributed by atoms with Crippen molar-refractivity contribution < 1.29 is 0 Å².